The molecule has 1 aliphatic heterocycles. The van der Waals surface area contributed by atoms with Gasteiger partial charge in [-0.05, 0) is 46.5 Å². The van der Waals surface area contributed by atoms with Gasteiger partial charge in [0.15, 0.2) is 17.5 Å². The van der Waals surface area contributed by atoms with Gasteiger partial charge < -0.3 is 4.74 Å². The van der Waals surface area contributed by atoms with Crippen molar-refractivity contribution in [2.24, 2.45) is 0 Å². The van der Waals surface area contributed by atoms with Crippen molar-refractivity contribution in [1.82, 2.24) is 15.0 Å². The number of ether oxygens (including phenoxy) is 1. The van der Waals surface area contributed by atoms with Gasteiger partial charge in [0.2, 0.25) is 0 Å². The summed E-state index contributed by atoms with van der Waals surface area (Å²) in [6, 6.07) is 63.9. The van der Waals surface area contributed by atoms with Crippen LogP contribution in [0.15, 0.2) is 182 Å². The van der Waals surface area contributed by atoms with Crippen LogP contribution < -0.4 is 4.74 Å². The molecule has 52 heavy (non-hydrogen) atoms. The minimum absolute atomic E-state index is 0.551. The minimum Gasteiger partial charge on any atom is -0.457 e. The van der Waals surface area contributed by atoms with E-state index in [0.717, 1.165) is 61.6 Å². The van der Waals surface area contributed by atoms with E-state index in [2.05, 4.69) is 109 Å². The number of hydrogen-bond donors (Lipinski definition) is 0. The normalized spacial score (nSPS) is 12.5. The maximum Gasteiger partial charge on any atom is 0.164 e. The molecule has 1 aromatic heterocycles. The number of fused-ring (bicyclic) bond motifs is 2. The smallest absolute Gasteiger partial charge is 0.164 e. The summed E-state index contributed by atoms with van der Waals surface area (Å²) in [6.07, 6.45) is 0. The summed E-state index contributed by atoms with van der Waals surface area (Å²) in [6.45, 7) is 0. The largest absolute Gasteiger partial charge is 0.457 e. The summed E-state index contributed by atoms with van der Waals surface area (Å²) in [5, 5.41) is 9.21. The van der Waals surface area contributed by atoms with E-state index in [-0.39, 0.29) is 0 Å². The number of para-hydroxylation sites is 1. The second kappa shape index (κ2) is 12.9. The average molecular weight is 667 g/mol. The molecule has 0 N–H and O–H groups in total. The predicted octanol–water partition coefficient (Wildman–Crippen LogP) is 10.9. The Morgan fingerprint density at radius 1 is 0.404 bits per heavy atom. The van der Waals surface area contributed by atoms with Crippen LogP contribution in [0.4, 0.5) is 0 Å². The summed E-state index contributed by atoms with van der Waals surface area (Å²) in [5.74, 6) is 3.27. The SMILES string of the molecule is N#Cc1ccc(-c2ccc(-c3nc(-c4ccccc4)nc(-c4ccc5c(c4)Oc4ccccc4C5(c4ccccc4)c4ccccc4)n3)cc2)cc1. The van der Waals surface area contributed by atoms with Crippen molar-refractivity contribution in [3.8, 4) is 62.9 Å². The fourth-order valence-electron chi connectivity index (χ4n) is 7.25. The molecule has 0 fully saturated rings. The Kier molecular flexibility index (Phi) is 7.68. The van der Waals surface area contributed by atoms with Crippen molar-refractivity contribution in [3.05, 3.63) is 210 Å². The molecule has 0 saturated heterocycles. The van der Waals surface area contributed by atoms with Gasteiger partial charge in [0.1, 0.15) is 11.5 Å². The second-order valence-corrected chi connectivity index (χ2v) is 12.7. The molecule has 0 spiro atoms. The topological polar surface area (TPSA) is 71.7 Å². The van der Waals surface area contributed by atoms with Crippen LogP contribution in [-0.4, -0.2) is 15.0 Å². The molecule has 0 amide bonds. The lowest BCUT2D eigenvalue weighted by Gasteiger charge is -2.41. The van der Waals surface area contributed by atoms with E-state index >= 15 is 0 Å². The van der Waals surface area contributed by atoms with Crippen molar-refractivity contribution in [3.63, 3.8) is 0 Å². The van der Waals surface area contributed by atoms with Crippen LogP contribution in [0.25, 0.3) is 45.3 Å². The van der Waals surface area contributed by atoms with Gasteiger partial charge in [-0.2, -0.15) is 5.26 Å². The molecule has 5 nitrogen and oxygen atoms in total. The molecule has 7 aromatic carbocycles. The number of nitriles is 1. The number of hydrogen-bond acceptors (Lipinski definition) is 5. The lowest BCUT2D eigenvalue weighted by atomic mass is 9.63. The summed E-state index contributed by atoms with van der Waals surface area (Å²) in [7, 11) is 0. The van der Waals surface area contributed by atoms with E-state index in [1.807, 2.05) is 78.9 Å². The molecular formula is C47H30N4O. The van der Waals surface area contributed by atoms with Gasteiger partial charge in [-0.15, -0.1) is 0 Å². The van der Waals surface area contributed by atoms with Crippen LogP contribution >= 0.6 is 0 Å². The van der Waals surface area contributed by atoms with Crippen LogP contribution in [-0.2, 0) is 5.41 Å². The molecule has 2 heterocycles. The molecule has 0 saturated carbocycles. The molecule has 1 aliphatic rings. The van der Waals surface area contributed by atoms with E-state index in [4.69, 9.17) is 19.7 Å². The Morgan fingerprint density at radius 3 is 1.44 bits per heavy atom. The average Bonchev–Trinajstić information content (AvgIpc) is 3.23. The highest BCUT2D eigenvalue weighted by molar-refractivity contribution is 5.74. The van der Waals surface area contributed by atoms with Crippen LogP contribution in [0.3, 0.4) is 0 Å². The van der Waals surface area contributed by atoms with Gasteiger partial charge in [0.05, 0.1) is 17.0 Å². The van der Waals surface area contributed by atoms with Crippen LogP contribution in [0.5, 0.6) is 11.5 Å². The number of aromatic nitrogens is 3. The Labute approximate surface area is 302 Å². The third-order valence-corrected chi connectivity index (χ3v) is 9.73. The van der Waals surface area contributed by atoms with Gasteiger partial charge in [-0.25, -0.2) is 15.0 Å². The van der Waals surface area contributed by atoms with E-state index in [0.29, 0.717) is 23.0 Å². The lowest BCUT2D eigenvalue weighted by molar-refractivity contribution is 0.434. The number of benzene rings is 7. The van der Waals surface area contributed by atoms with Crippen molar-refractivity contribution in [2.75, 3.05) is 0 Å². The minimum atomic E-state index is -0.610. The fourth-order valence-corrected chi connectivity index (χ4v) is 7.25. The molecule has 0 unspecified atom stereocenters. The number of nitrogens with zero attached hydrogens (tertiary/aromatic N) is 4. The molecule has 9 rings (SSSR count). The van der Waals surface area contributed by atoms with Crippen LogP contribution in [0, 0.1) is 11.3 Å². The van der Waals surface area contributed by atoms with E-state index in [9.17, 15) is 5.26 Å². The van der Waals surface area contributed by atoms with Gasteiger partial charge in [-0.3, -0.25) is 0 Å². The first-order valence-corrected chi connectivity index (χ1v) is 17.2. The zero-order valence-electron chi connectivity index (χ0n) is 28.0. The first kappa shape index (κ1) is 30.9. The van der Waals surface area contributed by atoms with E-state index in [1.165, 1.54) is 0 Å². The van der Waals surface area contributed by atoms with Gasteiger partial charge >= 0.3 is 0 Å². The third kappa shape index (κ3) is 5.31. The summed E-state index contributed by atoms with van der Waals surface area (Å²) < 4.78 is 6.75. The Hall–Kier alpha value is -7.16. The highest BCUT2D eigenvalue weighted by atomic mass is 16.5. The van der Waals surface area contributed by atoms with Crippen molar-refractivity contribution < 1.29 is 4.74 Å². The Bertz CT molecular complexity index is 2540. The lowest BCUT2D eigenvalue weighted by Crippen LogP contribution is -2.34. The van der Waals surface area contributed by atoms with Crippen LogP contribution in [0.1, 0.15) is 27.8 Å². The summed E-state index contributed by atoms with van der Waals surface area (Å²) in [4.78, 5) is 15.0. The maximum atomic E-state index is 9.21. The molecule has 8 aromatic rings. The molecule has 0 bridgehead atoms. The maximum absolute atomic E-state index is 9.21. The molecule has 0 aliphatic carbocycles. The van der Waals surface area contributed by atoms with Crippen molar-refractivity contribution >= 4 is 0 Å². The first-order chi connectivity index (χ1) is 25.7. The van der Waals surface area contributed by atoms with Gasteiger partial charge in [0, 0.05) is 27.8 Å². The monoisotopic (exact) mass is 666 g/mol. The quantitative estimate of drug-likeness (QED) is 0.177. The Morgan fingerprint density at radius 2 is 0.846 bits per heavy atom. The Balaban J connectivity index is 1.20. The molecule has 244 valence electrons. The molecule has 0 atom stereocenters. The predicted molar refractivity (Wildman–Crippen MR) is 205 cm³/mol. The second-order valence-electron chi connectivity index (χ2n) is 12.7. The fraction of sp³-hybridized carbons (Fsp3) is 0.0213. The van der Waals surface area contributed by atoms with Crippen molar-refractivity contribution in [1.29, 1.82) is 5.26 Å². The van der Waals surface area contributed by atoms with Gasteiger partial charge in [0.25, 0.3) is 0 Å². The molecule has 0 radical (unpaired) electrons. The highest BCUT2D eigenvalue weighted by Crippen LogP contribution is 2.55. The standard InChI is InChI=1S/C47H30N4O/c48-31-32-20-22-33(23-21-32)34-24-26-36(27-25-34)45-49-44(35-12-4-1-5-13-35)50-46(51-45)37-28-29-41-43(30-37)52-42-19-11-10-18-40(42)47(41,38-14-6-2-7-15-38)39-16-8-3-9-17-39/h1-30H. The summed E-state index contributed by atoms with van der Waals surface area (Å²) >= 11 is 0. The van der Waals surface area contributed by atoms with Crippen molar-refractivity contribution in [2.45, 2.75) is 5.41 Å². The highest BCUT2D eigenvalue weighted by Gasteiger charge is 2.45. The zero-order chi connectivity index (χ0) is 34.9. The molecule has 5 heteroatoms. The third-order valence-electron chi connectivity index (χ3n) is 9.73. The first-order valence-electron chi connectivity index (χ1n) is 17.2. The summed E-state index contributed by atoms with van der Waals surface area (Å²) in [5.41, 5.74) is 9.13. The zero-order valence-corrected chi connectivity index (χ0v) is 28.0. The van der Waals surface area contributed by atoms with Gasteiger partial charge in [-0.1, -0.05) is 158 Å². The molecular weight excluding hydrogens is 637 g/mol. The van der Waals surface area contributed by atoms with E-state index < -0.39 is 5.41 Å². The number of rotatable bonds is 6. The van der Waals surface area contributed by atoms with E-state index in [1.54, 1.807) is 0 Å². The van der Waals surface area contributed by atoms with Crippen LogP contribution in [0.2, 0.25) is 0 Å².